The van der Waals surface area contributed by atoms with Crippen LogP contribution in [0.2, 0.25) is 0 Å². The highest BCUT2D eigenvalue weighted by atomic mass is 16.5. The molecule has 1 fully saturated rings. The van der Waals surface area contributed by atoms with E-state index in [4.69, 9.17) is 4.74 Å². The van der Waals surface area contributed by atoms with Gasteiger partial charge in [-0.05, 0) is 54.8 Å². The molecule has 3 aromatic carbocycles. The van der Waals surface area contributed by atoms with Crippen molar-refractivity contribution in [2.75, 3.05) is 11.9 Å². The standard InChI is InChI=1S/C29H31N3O4/c33-27(22-11-5-2-6-12-22)30-24-17-15-23(16-18-24)28(34)31-32-29(35)25-13-7-8-14-26(25)36-20-19-21-9-3-1-4-10-21/h1,3-4,7-10,13-18,22H,2,5-6,11-12,19-20H2,(H,30,33)(H,31,34)(H,32,35). The maximum absolute atomic E-state index is 12.7. The molecule has 4 rings (SSSR count). The molecule has 0 aliphatic heterocycles. The first kappa shape index (κ1) is 25.0. The predicted molar refractivity (Wildman–Crippen MR) is 139 cm³/mol. The van der Waals surface area contributed by atoms with Gasteiger partial charge in [0.05, 0.1) is 12.2 Å². The third-order valence-corrected chi connectivity index (χ3v) is 6.30. The van der Waals surface area contributed by atoms with Crippen molar-refractivity contribution in [3.63, 3.8) is 0 Å². The van der Waals surface area contributed by atoms with E-state index in [1.54, 1.807) is 48.5 Å². The van der Waals surface area contributed by atoms with Crippen LogP contribution in [0.15, 0.2) is 78.9 Å². The van der Waals surface area contributed by atoms with Crippen molar-refractivity contribution in [1.82, 2.24) is 10.9 Å². The lowest BCUT2D eigenvalue weighted by atomic mass is 9.88. The predicted octanol–water partition coefficient (Wildman–Crippen LogP) is 4.90. The van der Waals surface area contributed by atoms with Gasteiger partial charge in [-0.2, -0.15) is 0 Å². The monoisotopic (exact) mass is 485 g/mol. The highest BCUT2D eigenvalue weighted by molar-refractivity contribution is 6.01. The smallest absolute Gasteiger partial charge is 0.273 e. The Hall–Kier alpha value is -4.13. The van der Waals surface area contributed by atoms with Gasteiger partial charge in [-0.15, -0.1) is 0 Å². The minimum absolute atomic E-state index is 0.0313. The zero-order valence-corrected chi connectivity index (χ0v) is 20.2. The summed E-state index contributed by atoms with van der Waals surface area (Å²) in [6.45, 7) is 0.421. The molecule has 3 aromatic rings. The van der Waals surface area contributed by atoms with E-state index in [9.17, 15) is 14.4 Å². The summed E-state index contributed by atoms with van der Waals surface area (Å²) in [7, 11) is 0. The number of nitrogens with one attached hydrogen (secondary N) is 3. The van der Waals surface area contributed by atoms with Crippen LogP contribution in [0.4, 0.5) is 5.69 Å². The molecule has 36 heavy (non-hydrogen) atoms. The summed E-state index contributed by atoms with van der Waals surface area (Å²) >= 11 is 0. The molecule has 0 spiro atoms. The van der Waals surface area contributed by atoms with E-state index in [2.05, 4.69) is 16.2 Å². The van der Waals surface area contributed by atoms with Crippen LogP contribution in [0.25, 0.3) is 0 Å². The number of para-hydroxylation sites is 1. The summed E-state index contributed by atoms with van der Waals surface area (Å²) in [5, 5.41) is 2.93. The quantitative estimate of drug-likeness (QED) is 0.395. The van der Waals surface area contributed by atoms with Gasteiger partial charge in [0, 0.05) is 23.6 Å². The van der Waals surface area contributed by atoms with Crippen LogP contribution in [0, 0.1) is 5.92 Å². The molecule has 7 heteroatoms. The molecule has 1 aliphatic carbocycles. The number of anilines is 1. The Morgan fingerprint density at radius 3 is 2.17 bits per heavy atom. The molecular formula is C29H31N3O4. The highest BCUT2D eigenvalue weighted by Gasteiger charge is 2.21. The zero-order chi connectivity index (χ0) is 25.2. The molecule has 0 aromatic heterocycles. The van der Waals surface area contributed by atoms with Crippen LogP contribution in [0.5, 0.6) is 5.75 Å². The number of rotatable bonds is 8. The Labute approximate surface area is 211 Å². The molecule has 0 bridgehead atoms. The fourth-order valence-corrected chi connectivity index (χ4v) is 4.27. The van der Waals surface area contributed by atoms with Crippen LogP contribution >= 0.6 is 0 Å². The summed E-state index contributed by atoms with van der Waals surface area (Å²) in [6, 6.07) is 23.4. The number of benzene rings is 3. The summed E-state index contributed by atoms with van der Waals surface area (Å²) in [5.74, 6) is -0.407. The van der Waals surface area contributed by atoms with Gasteiger partial charge < -0.3 is 10.1 Å². The van der Waals surface area contributed by atoms with Crippen molar-refractivity contribution < 1.29 is 19.1 Å². The van der Waals surface area contributed by atoms with Crippen molar-refractivity contribution in [2.24, 2.45) is 5.92 Å². The molecule has 0 atom stereocenters. The molecule has 0 heterocycles. The van der Waals surface area contributed by atoms with Gasteiger partial charge in [0.15, 0.2) is 0 Å². The molecule has 7 nitrogen and oxygen atoms in total. The van der Waals surface area contributed by atoms with E-state index in [0.29, 0.717) is 35.6 Å². The second-order valence-electron chi connectivity index (χ2n) is 8.89. The summed E-state index contributed by atoms with van der Waals surface area (Å²) in [4.78, 5) is 37.7. The van der Waals surface area contributed by atoms with Crippen LogP contribution < -0.4 is 20.9 Å². The van der Waals surface area contributed by atoms with Gasteiger partial charge in [0.2, 0.25) is 5.91 Å². The second kappa shape index (κ2) is 12.5. The topological polar surface area (TPSA) is 96.5 Å². The van der Waals surface area contributed by atoms with E-state index in [1.165, 1.54) is 6.42 Å². The third kappa shape index (κ3) is 6.95. The number of carbonyl (C=O) groups is 3. The Balaban J connectivity index is 1.27. The van der Waals surface area contributed by atoms with Gasteiger partial charge in [-0.3, -0.25) is 25.2 Å². The molecule has 0 saturated heterocycles. The Bertz CT molecular complexity index is 1170. The van der Waals surface area contributed by atoms with Crippen LogP contribution in [0.1, 0.15) is 58.4 Å². The van der Waals surface area contributed by atoms with Crippen molar-refractivity contribution in [1.29, 1.82) is 0 Å². The van der Waals surface area contributed by atoms with Crippen LogP contribution in [0.3, 0.4) is 0 Å². The lowest BCUT2D eigenvalue weighted by Crippen LogP contribution is -2.41. The van der Waals surface area contributed by atoms with Gasteiger partial charge in [-0.25, -0.2) is 0 Å². The number of hydrogen-bond donors (Lipinski definition) is 3. The molecule has 1 saturated carbocycles. The molecule has 3 amide bonds. The van der Waals surface area contributed by atoms with Gasteiger partial charge >= 0.3 is 0 Å². The highest BCUT2D eigenvalue weighted by Crippen LogP contribution is 2.25. The molecule has 1 aliphatic rings. The van der Waals surface area contributed by atoms with E-state index >= 15 is 0 Å². The number of hydrazine groups is 1. The van der Waals surface area contributed by atoms with Crippen molar-refractivity contribution in [3.05, 3.63) is 95.6 Å². The Kier molecular flexibility index (Phi) is 8.70. The van der Waals surface area contributed by atoms with E-state index < -0.39 is 11.8 Å². The number of ether oxygens (including phenoxy) is 1. The average Bonchev–Trinajstić information content (AvgIpc) is 2.93. The summed E-state index contributed by atoms with van der Waals surface area (Å²) in [5.41, 5.74) is 7.36. The Morgan fingerprint density at radius 1 is 0.750 bits per heavy atom. The zero-order valence-electron chi connectivity index (χ0n) is 20.2. The molecule has 0 unspecified atom stereocenters. The first-order valence-corrected chi connectivity index (χ1v) is 12.4. The number of amides is 3. The second-order valence-corrected chi connectivity index (χ2v) is 8.89. The van der Waals surface area contributed by atoms with Crippen LogP contribution in [-0.2, 0) is 11.2 Å². The minimum atomic E-state index is -0.477. The van der Waals surface area contributed by atoms with Gasteiger partial charge in [0.25, 0.3) is 11.8 Å². The fourth-order valence-electron chi connectivity index (χ4n) is 4.27. The van der Waals surface area contributed by atoms with Crippen LogP contribution in [-0.4, -0.2) is 24.3 Å². The third-order valence-electron chi connectivity index (χ3n) is 6.30. The lowest BCUT2D eigenvalue weighted by molar-refractivity contribution is -0.120. The van der Waals surface area contributed by atoms with Gasteiger partial charge in [-0.1, -0.05) is 61.7 Å². The van der Waals surface area contributed by atoms with Crippen molar-refractivity contribution >= 4 is 23.4 Å². The number of hydrogen-bond acceptors (Lipinski definition) is 4. The molecule has 186 valence electrons. The van der Waals surface area contributed by atoms with Crippen molar-refractivity contribution in [3.8, 4) is 5.75 Å². The van der Waals surface area contributed by atoms with E-state index in [1.807, 2.05) is 30.3 Å². The summed E-state index contributed by atoms with van der Waals surface area (Å²) in [6.07, 6.45) is 5.93. The average molecular weight is 486 g/mol. The molecule has 0 radical (unpaired) electrons. The van der Waals surface area contributed by atoms with Gasteiger partial charge in [0.1, 0.15) is 5.75 Å². The van der Waals surface area contributed by atoms with E-state index in [0.717, 1.165) is 31.2 Å². The molecular weight excluding hydrogens is 454 g/mol. The number of carbonyl (C=O) groups excluding carboxylic acids is 3. The fraction of sp³-hybridized carbons (Fsp3) is 0.276. The Morgan fingerprint density at radius 2 is 1.42 bits per heavy atom. The van der Waals surface area contributed by atoms with E-state index in [-0.39, 0.29) is 11.8 Å². The maximum atomic E-state index is 12.7. The SMILES string of the molecule is O=C(NNC(=O)c1ccccc1OCCc1ccccc1)c1ccc(NC(=O)C2CCCCC2)cc1. The largest absolute Gasteiger partial charge is 0.492 e. The summed E-state index contributed by atoms with van der Waals surface area (Å²) < 4.78 is 5.83. The minimum Gasteiger partial charge on any atom is -0.492 e. The normalized spacial score (nSPS) is 13.4. The van der Waals surface area contributed by atoms with Crippen molar-refractivity contribution in [2.45, 2.75) is 38.5 Å². The lowest BCUT2D eigenvalue weighted by Gasteiger charge is -2.20. The first-order valence-electron chi connectivity index (χ1n) is 12.4. The molecule has 3 N–H and O–H groups in total. The first-order chi connectivity index (χ1) is 17.6. The maximum Gasteiger partial charge on any atom is 0.273 e.